The molecule has 0 aliphatic heterocycles. The molecule has 0 bridgehead atoms. The molecule has 0 radical (unpaired) electrons. The molecule has 0 spiro atoms. The van der Waals surface area contributed by atoms with Gasteiger partial charge in [0.25, 0.3) is 5.56 Å². The van der Waals surface area contributed by atoms with E-state index in [2.05, 4.69) is 4.98 Å². The largest absolute Gasteiger partial charge is 0.380 e. The van der Waals surface area contributed by atoms with E-state index in [0.717, 1.165) is 10.3 Å². The summed E-state index contributed by atoms with van der Waals surface area (Å²) in [4.78, 5) is 44.2. The normalized spacial score (nSPS) is 11.0. The van der Waals surface area contributed by atoms with Crippen molar-refractivity contribution in [2.75, 3.05) is 24.8 Å². The van der Waals surface area contributed by atoms with Crippen LogP contribution in [-0.2, 0) is 30.2 Å². The van der Waals surface area contributed by atoms with Crippen LogP contribution in [0, 0.1) is 0 Å². The third-order valence-corrected chi connectivity index (χ3v) is 5.80. The number of carbonyl (C=O) groups excluding carboxylic acids is 1. The first-order chi connectivity index (χ1) is 13.9. The summed E-state index contributed by atoms with van der Waals surface area (Å²) in [6.07, 6.45) is 1.58. The summed E-state index contributed by atoms with van der Waals surface area (Å²) in [5.74, 6) is 0.00362. The minimum Gasteiger partial charge on any atom is -0.380 e. The van der Waals surface area contributed by atoms with Gasteiger partial charge in [-0.1, -0.05) is 18.2 Å². The molecule has 0 aliphatic carbocycles. The number of para-hydroxylation sites is 1. The number of anilines is 1. The molecule has 1 aromatic carbocycles. The smallest absolute Gasteiger partial charge is 0.332 e. The maximum Gasteiger partial charge on any atom is 0.332 e. The van der Waals surface area contributed by atoms with E-state index >= 15 is 0 Å². The molecular formula is C20H22N4O4S. The molecule has 8 nitrogen and oxygen atoms in total. The van der Waals surface area contributed by atoms with Gasteiger partial charge in [0.1, 0.15) is 5.65 Å². The molecule has 0 saturated carbocycles. The average Bonchev–Trinajstić information content (AvgIpc) is 2.74. The van der Waals surface area contributed by atoms with Gasteiger partial charge in [-0.05, 0) is 12.1 Å². The summed E-state index contributed by atoms with van der Waals surface area (Å²) in [7, 11) is 6.25. The molecule has 29 heavy (non-hydrogen) atoms. The van der Waals surface area contributed by atoms with Crippen molar-refractivity contribution in [1.82, 2.24) is 14.1 Å². The second-order valence-electron chi connectivity index (χ2n) is 6.53. The molecule has 152 valence electrons. The minimum absolute atomic E-state index is 0.115. The number of carbonyl (C=O) groups is 1. The SMILES string of the molecule is COCc1cnc2c(c1SCC(=O)N(C)c1ccccc1)c(=O)n(C)c(=O)n2C. The van der Waals surface area contributed by atoms with Crippen molar-refractivity contribution in [3.63, 3.8) is 0 Å². The molecule has 0 aliphatic rings. The van der Waals surface area contributed by atoms with Gasteiger partial charge < -0.3 is 9.64 Å². The zero-order valence-corrected chi connectivity index (χ0v) is 17.5. The molecule has 0 saturated heterocycles. The van der Waals surface area contributed by atoms with E-state index in [1.807, 2.05) is 30.3 Å². The van der Waals surface area contributed by atoms with Crippen molar-refractivity contribution in [3.8, 4) is 0 Å². The van der Waals surface area contributed by atoms with E-state index < -0.39 is 11.2 Å². The van der Waals surface area contributed by atoms with E-state index in [1.165, 1.54) is 23.4 Å². The average molecular weight is 414 g/mol. The summed E-state index contributed by atoms with van der Waals surface area (Å²) < 4.78 is 7.61. The Hall–Kier alpha value is -2.91. The van der Waals surface area contributed by atoms with Crippen molar-refractivity contribution in [3.05, 3.63) is 62.9 Å². The van der Waals surface area contributed by atoms with Crippen LogP contribution in [0.4, 0.5) is 5.69 Å². The fourth-order valence-corrected chi connectivity index (χ4v) is 4.07. The number of methoxy groups -OCH3 is 1. The minimum atomic E-state index is -0.453. The Balaban J connectivity index is 2.03. The van der Waals surface area contributed by atoms with Crippen molar-refractivity contribution in [2.45, 2.75) is 11.5 Å². The van der Waals surface area contributed by atoms with Crippen molar-refractivity contribution < 1.29 is 9.53 Å². The molecule has 2 aromatic heterocycles. The van der Waals surface area contributed by atoms with Crippen LogP contribution in [0.1, 0.15) is 5.56 Å². The van der Waals surface area contributed by atoms with Crippen molar-refractivity contribution in [2.24, 2.45) is 14.1 Å². The monoisotopic (exact) mass is 414 g/mol. The van der Waals surface area contributed by atoms with Crippen molar-refractivity contribution >= 4 is 34.4 Å². The lowest BCUT2D eigenvalue weighted by molar-refractivity contribution is -0.115. The Labute approximate surface area is 171 Å². The highest BCUT2D eigenvalue weighted by Gasteiger charge is 2.19. The topological polar surface area (TPSA) is 86.4 Å². The highest BCUT2D eigenvalue weighted by molar-refractivity contribution is 8.00. The lowest BCUT2D eigenvalue weighted by Crippen LogP contribution is -2.37. The summed E-state index contributed by atoms with van der Waals surface area (Å²) in [6, 6.07) is 9.32. The summed E-state index contributed by atoms with van der Waals surface area (Å²) in [5, 5.41) is 0.310. The first-order valence-corrected chi connectivity index (χ1v) is 9.86. The van der Waals surface area contributed by atoms with Gasteiger partial charge in [0.15, 0.2) is 0 Å². The standard InChI is InChI=1S/C20H22N4O4S/c1-22(14-8-6-5-7-9-14)15(25)12-29-17-13(11-28-4)10-21-18-16(17)19(26)24(3)20(27)23(18)2/h5-10H,11-12H2,1-4H3. The van der Waals surface area contributed by atoms with Crippen LogP contribution in [0.25, 0.3) is 11.0 Å². The molecule has 1 amide bonds. The zero-order valence-electron chi connectivity index (χ0n) is 16.7. The van der Waals surface area contributed by atoms with Gasteiger partial charge in [-0.3, -0.25) is 18.7 Å². The number of fused-ring (bicyclic) bond motifs is 1. The van der Waals surface area contributed by atoms with Crippen LogP contribution in [0.15, 0.2) is 51.0 Å². The predicted molar refractivity (Wildman–Crippen MR) is 114 cm³/mol. The molecule has 3 aromatic rings. The van der Waals surface area contributed by atoms with E-state index in [-0.39, 0.29) is 23.9 Å². The van der Waals surface area contributed by atoms with E-state index in [1.54, 1.807) is 32.3 Å². The Morgan fingerprint density at radius 1 is 1.17 bits per heavy atom. The Kier molecular flexibility index (Phi) is 6.19. The van der Waals surface area contributed by atoms with Crippen LogP contribution in [0.3, 0.4) is 0 Å². The number of amides is 1. The second-order valence-corrected chi connectivity index (χ2v) is 7.51. The summed E-state index contributed by atoms with van der Waals surface area (Å²) in [5.41, 5.74) is 0.860. The summed E-state index contributed by atoms with van der Waals surface area (Å²) in [6.45, 7) is 0.236. The fraction of sp³-hybridized carbons (Fsp3) is 0.300. The van der Waals surface area contributed by atoms with E-state index in [9.17, 15) is 14.4 Å². The molecule has 0 N–H and O–H groups in total. The number of aryl methyl sites for hydroxylation is 1. The Morgan fingerprint density at radius 3 is 2.52 bits per heavy atom. The highest BCUT2D eigenvalue weighted by atomic mass is 32.2. The number of hydrogen-bond acceptors (Lipinski definition) is 6. The van der Waals surface area contributed by atoms with Crippen LogP contribution >= 0.6 is 11.8 Å². The number of nitrogens with zero attached hydrogens (tertiary/aromatic N) is 4. The molecular weight excluding hydrogens is 392 g/mol. The quantitative estimate of drug-likeness (QED) is 0.569. The first-order valence-electron chi connectivity index (χ1n) is 8.87. The number of benzene rings is 1. The van der Waals surface area contributed by atoms with Crippen LogP contribution in [-0.4, -0.2) is 39.9 Å². The lowest BCUT2D eigenvalue weighted by atomic mass is 10.2. The van der Waals surface area contributed by atoms with Gasteiger partial charge in [0, 0.05) is 50.6 Å². The molecule has 0 unspecified atom stereocenters. The van der Waals surface area contributed by atoms with Gasteiger partial charge in [-0.2, -0.15) is 0 Å². The maximum atomic E-state index is 12.8. The van der Waals surface area contributed by atoms with Gasteiger partial charge in [0.2, 0.25) is 5.91 Å². The Bertz CT molecular complexity index is 1170. The lowest BCUT2D eigenvalue weighted by Gasteiger charge is -2.18. The number of rotatable bonds is 6. The van der Waals surface area contributed by atoms with Gasteiger partial charge >= 0.3 is 5.69 Å². The molecule has 2 heterocycles. The number of pyridine rings is 1. The molecule has 9 heteroatoms. The molecule has 0 atom stereocenters. The van der Waals surface area contributed by atoms with Gasteiger partial charge in [-0.15, -0.1) is 11.8 Å². The van der Waals surface area contributed by atoms with Crippen LogP contribution in [0.2, 0.25) is 0 Å². The second kappa shape index (κ2) is 8.62. The molecule has 0 fully saturated rings. The number of aromatic nitrogens is 3. The zero-order chi connectivity index (χ0) is 21.1. The third kappa shape index (κ3) is 3.96. The predicted octanol–water partition coefficient (Wildman–Crippen LogP) is 1.53. The maximum absolute atomic E-state index is 12.8. The first kappa shape index (κ1) is 20.8. The van der Waals surface area contributed by atoms with Crippen LogP contribution in [0.5, 0.6) is 0 Å². The molecule has 3 rings (SSSR count). The Morgan fingerprint density at radius 2 is 1.86 bits per heavy atom. The van der Waals surface area contributed by atoms with Crippen LogP contribution < -0.4 is 16.1 Å². The fourth-order valence-electron chi connectivity index (χ4n) is 2.99. The third-order valence-electron chi connectivity index (χ3n) is 4.65. The highest BCUT2D eigenvalue weighted by Crippen LogP contribution is 2.29. The number of ether oxygens (including phenoxy) is 1. The number of thioether (sulfide) groups is 1. The van der Waals surface area contributed by atoms with E-state index in [4.69, 9.17) is 4.74 Å². The van der Waals surface area contributed by atoms with E-state index in [0.29, 0.717) is 15.8 Å². The van der Waals surface area contributed by atoms with Crippen molar-refractivity contribution in [1.29, 1.82) is 0 Å². The summed E-state index contributed by atoms with van der Waals surface area (Å²) >= 11 is 1.25. The van der Waals surface area contributed by atoms with Gasteiger partial charge in [0.05, 0.1) is 17.7 Å². The van der Waals surface area contributed by atoms with Gasteiger partial charge in [-0.25, -0.2) is 9.78 Å². The number of hydrogen-bond donors (Lipinski definition) is 0.